The van der Waals surface area contributed by atoms with Crippen LogP contribution in [0.4, 0.5) is 0 Å². The van der Waals surface area contributed by atoms with Crippen LogP contribution in [0.25, 0.3) is 0 Å². The van der Waals surface area contributed by atoms with Crippen LogP contribution >= 0.6 is 12.4 Å². The average Bonchev–Trinajstić information content (AvgIpc) is 2.43. The summed E-state index contributed by atoms with van der Waals surface area (Å²) in [5.41, 5.74) is 2.51. The Hall–Kier alpha value is -1.35. The molecule has 0 unspecified atom stereocenters. The molecule has 1 saturated heterocycles. The smallest absolute Gasteiger partial charge is 0.0881 e. The summed E-state index contributed by atoms with van der Waals surface area (Å²) < 4.78 is 6.18. The fraction of sp³-hybridized carbons (Fsp3) is 0.294. The van der Waals surface area contributed by atoms with Crippen LogP contribution in [0.15, 0.2) is 60.7 Å². The lowest BCUT2D eigenvalue weighted by atomic mass is 9.91. The number of halogens is 1. The average molecular weight is 290 g/mol. The second-order valence-electron chi connectivity index (χ2n) is 5.05. The molecule has 2 aromatic carbocycles. The van der Waals surface area contributed by atoms with Crippen molar-refractivity contribution in [3.63, 3.8) is 0 Å². The summed E-state index contributed by atoms with van der Waals surface area (Å²) in [6, 6.07) is 20.9. The van der Waals surface area contributed by atoms with Gasteiger partial charge in [0.1, 0.15) is 0 Å². The zero-order chi connectivity index (χ0) is 12.9. The molecule has 0 aliphatic carbocycles. The van der Waals surface area contributed by atoms with Crippen molar-refractivity contribution < 1.29 is 4.74 Å². The molecule has 1 atom stereocenters. The van der Waals surface area contributed by atoms with Gasteiger partial charge >= 0.3 is 0 Å². The van der Waals surface area contributed by atoms with E-state index >= 15 is 0 Å². The van der Waals surface area contributed by atoms with Crippen LogP contribution in [-0.4, -0.2) is 13.1 Å². The molecule has 2 aromatic rings. The molecule has 0 aromatic heterocycles. The van der Waals surface area contributed by atoms with Gasteiger partial charge < -0.3 is 10.1 Å². The molecule has 0 radical (unpaired) electrons. The van der Waals surface area contributed by atoms with Crippen LogP contribution in [0.3, 0.4) is 0 Å². The lowest BCUT2D eigenvalue weighted by Crippen LogP contribution is -2.45. The topological polar surface area (TPSA) is 21.3 Å². The highest BCUT2D eigenvalue weighted by Crippen LogP contribution is 2.29. The van der Waals surface area contributed by atoms with Crippen LogP contribution in [0, 0.1) is 5.92 Å². The molecule has 3 heteroatoms. The van der Waals surface area contributed by atoms with Crippen LogP contribution < -0.4 is 5.32 Å². The summed E-state index contributed by atoms with van der Waals surface area (Å²) in [6.45, 7) is 2.78. The minimum Gasteiger partial charge on any atom is -0.368 e. The first-order valence-corrected chi connectivity index (χ1v) is 6.84. The van der Waals surface area contributed by atoms with Crippen molar-refractivity contribution in [3.8, 4) is 0 Å². The third-order valence-corrected chi connectivity index (χ3v) is 3.64. The Bertz CT molecular complexity index is 499. The van der Waals surface area contributed by atoms with Crippen molar-refractivity contribution in [1.29, 1.82) is 0 Å². The van der Waals surface area contributed by atoms with E-state index in [9.17, 15) is 0 Å². The summed E-state index contributed by atoms with van der Waals surface area (Å²) in [5.74, 6) is 0.589. The van der Waals surface area contributed by atoms with E-state index in [4.69, 9.17) is 4.74 Å². The largest absolute Gasteiger partial charge is 0.368 e. The quantitative estimate of drug-likeness (QED) is 0.908. The van der Waals surface area contributed by atoms with Gasteiger partial charge in [0, 0.05) is 19.0 Å². The number of hydrogen-bond donors (Lipinski definition) is 1. The molecule has 0 spiro atoms. The van der Waals surface area contributed by atoms with E-state index in [0.29, 0.717) is 12.5 Å². The molecule has 0 saturated carbocycles. The fourth-order valence-corrected chi connectivity index (χ4v) is 2.43. The number of rotatable bonds is 5. The van der Waals surface area contributed by atoms with Crippen LogP contribution in [0.2, 0.25) is 0 Å². The third kappa shape index (κ3) is 3.60. The van der Waals surface area contributed by atoms with E-state index in [1.807, 2.05) is 6.07 Å². The molecule has 20 heavy (non-hydrogen) atoms. The van der Waals surface area contributed by atoms with Gasteiger partial charge in [0.2, 0.25) is 0 Å². The monoisotopic (exact) mass is 289 g/mol. The van der Waals surface area contributed by atoms with E-state index in [0.717, 1.165) is 13.1 Å². The van der Waals surface area contributed by atoms with Crippen molar-refractivity contribution in [2.45, 2.75) is 12.7 Å². The molecule has 3 rings (SSSR count). The zero-order valence-electron chi connectivity index (χ0n) is 11.4. The van der Waals surface area contributed by atoms with Gasteiger partial charge in [-0.25, -0.2) is 0 Å². The Balaban J connectivity index is 0.00000147. The van der Waals surface area contributed by atoms with Crippen LogP contribution in [0.5, 0.6) is 0 Å². The Labute approximate surface area is 126 Å². The minimum atomic E-state index is 0. The van der Waals surface area contributed by atoms with Gasteiger partial charge in [-0.1, -0.05) is 60.7 Å². The molecule has 0 bridgehead atoms. The van der Waals surface area contributed by atoms with E-state index in [2.05, 4.69) is 59.9 Å². The molecule has 1 aliphatic heterocycles. The Morgan fingerprint density at radius 2 is 1.55 bits per heavy atom. The molecule has 0 amide bonds. The summed E-state index contributed by atoms with van der Waals surface area (Å²) >= 11 is 0. The van der Waals surface area contributed by atoms with E-state index in [-0.39, 0.29) is 18.5 Å². The number of nitrogens with one attached hydrogen (secondary N) is 1. The van der Waals surface area contributed by atoms with Crippen molar-refractivity contribution in [2.75, 3.05) is 13.1 Å². The molecule has 1 N–H and O–H groups in total. The van der Waals surface area contributed by atoms with Crippen LogP contribution in [0.1, 0.15) is 17.2 Å². The maximum Gasteiger partial charge on any atom is 0.0881 e. The molecule has 106 valence electrons. The first-order chi connectivity index (χ1) is 9.43. The zero-order valence-corrected chi connectivity index (χ0v) is 12.2. The summed E-state index contributed by atoms with van der Waals surface area (Å²) in [6.07, 6.45) is 0.197. The van der Waals surface area contributed by atoms with Gasteiger partial charge in [-0.05, 0) is 11.1 Å². The van der Waals surface area contributed by atoms with Crippen molar-refractivity contribution in [2.24, 2.45) is 5.92 Å². The van der Waals surface area contributed by atoms with Crippen molar-refractivity contribution in [3.05, 3.63) is 71.8 Å². The van der Waals surface area contributed by atoms with Crippen molar-refractivity contribution >= 4 is 12.4 Å². The highest BCUT2D eigenvalue weighted by Gasteiger charge is 2.28. The minimum absolute atomic E-state index is 0. The number of ether oxygens (including phenoxy) is 1. The molecule has 2 nitrogen and oxygen atoms in total. The molecule has 1 fully saturated rings. The molecule has 1 aliphatic rings. The molecular weight excluding hydrogens is 270 g/mol. The SMILES string of the molecule is Cl.c1ccc(CO[C@H](c2ccccc2)C2CNC2)cc1. The lowest BCUT2D eigenvalue weighted by Gasteiger charge is -2.35. The summed E-state index contributed by atoms with van der Waals surface area (Å²) in [5, 5.41) is 3.33. The second kappa shape index (κ2) is 7.44. The van der Waals surface area contributed by atoms with Gasteiger partial charge in [-0.2, -0.15) is 0 Å². The summed E-state index contributed by atoms with van der Waals surface area (Å²) in [4.78, 5) is 0. The van der Waals surface area contributed by atoms with E-state index in [1.165, 1.54) is 11.1 Å². The predicted molar refractivity (Wildman–Crippen MR) is 84.0 cm³/mol. The Morgan fingerprint density at radius 3 is 2.10 bits per heavy atom. The fourth-order valence-electron chi connectivity index (χ4n) is 2.43. The van der Waals surface area contributed by atoms with Gasteiger partial charge in [-0.3, -0.25) is 0 Å². The number of benzene rings is 2. The van der Waals surface area contributed by atoms with E-state index in [1.54, 1.807) is 0 Å². The van der Waals surface area contributed by atoms with Gasteiger partial charge in [0.05, 0.1) is 12.7 Å². The summed E-state index contributed by atoms with van der Waals surface area (Å²) in [7, 11) is 0. The Morgan fingerprint density at radius 1 is 0.950 bits per heavy atom. The second-order valence-corrected chi connectivity index (χ2v) is 5.05. The lowest BCUT2D eigenvalue weighted by molar-refractivity contribution is -0.0170. The standard InChI is InChI=1S/C17H19NO.ClH/c1-3-7-14(8-4-1)13-19-17(16-11-18-12-16)15-9-5-2-6-10-15;/h1-10,16-18H,11-13H2;1H/t17-;/m1./s1. The van der Waals surface area contributed by atoms with Crippen molar-refractivity contribution in [1.82, 2.24) is 5.32 Å². The normalized spacial score (nSPS) is 16.0. The highest BCUT2D eigenvalue weighted by molar-refractivity contribution is 5.85. The number of hydrogen-bond acceptors (Lipinski definition) is 2. The van der Waals surface area contributed by atoms with Gasteiger partial charge in [0.15, 0.2) is 0 Å². The maximum atomic E-state index is 6.18. The highest BCUT2D eigenvalue weighted by atomic mass is 35.5. The van der Waals surface area contributed by atoms with E-state index < -0.39 is 0 Å². The predicted octanol–water partition coefficient (Wildman–Crippen LogP) is 3.59. The van der Waals surface area contributed by atoms with Gasteiger partial charge in [-0.15, -0.1) is 12.4 Å². The third-order valence-electron chi connectivity index (χ3n) is 3.64. The molecule has 1 heterocycles. The van der Waals surface area contributed by atoms with Gasteiger partial charge in [0.25, 0.3) is 0 Å². The molecular formula is C17H20ClNO. The first-order valence-electron chi connectivity index (χ1n) is 6.84. The first kappa shape index (κ1) is 15.0. The van der Waals surface area contributed by atoms with Crippen LogP contribution in [-0.2, 0) is 11.3 Å². The maximum absolute atomic E-state index is 6.18. The Kier molecular flexibility index (Phi) is 5.60.